The summed E-state index contributed by atoms with van der Waals surface area (Å²) < 4.78 is 0. The second-order valence-electron chi connectivity index (χ2n) is 4.81. The lowest BCUT2D eigenvalue weighted by Gasteiger charge is -2.15. The molecule has 0 unspecified atom stereocenters. The maximum absolute atomic E-state index is 11.7. The first-order valence-corrected chi connectivity index (χ1v) is 7.21. The Morgan fingerprint density at radius 1 is 1.13 bits per heavy atom. The van der Waals surface area contributed by atoms with Crippen LogP contribution in [0.3, 0.4) is 0 Å². The normalized spacial score (nSPS) is 10.6. The number of benzene rings is 1. The summed E-state index contributed by atoms with van der Waals surface area (Å²) in [5.74, 6) is -0.996. The number of hydrogen-bond acceptors (Lipinski definition) is 4. The average molecular weight is 339 g/mol. The van der Waals surface area contributed by atoms with Gasteiger partial charge in [-0.05, 0) is 25.5 Å². The first-order chi connectivity index (χ1) is 10.8. The van der Waals surface area contributed by atoms with Crippen LogP contribution in [0.15, 0.2) is 24.8 Å². The molecule has 1 aromatic rings. The molecule has 124 valence electrons. The van der Waals surface area contributed by atoms with Gasteiger partial charge in [0, 0.05) is 30.3 Å². The summed E-state index contributed by atoms with van der Waals surface area (Å²) in [5.41, 5.74) is 1.19. The number of carbonyl (C=O) groups is 2. The predicted octanol–water partition coefficient (Wildman–Crippen LogP) is 1.84. The smallest absolute Gasteiger partial charge is 0.243 e. The van der Waals surface area contributed by atoms with E-state index >= 15 is 0 Å². The Hall–Kier alpha value is -2.47. The third-order valence-corrected chi connectivity index (χ3v) is 3.74. The summed E-state index contributed by atoms with van der Waals surface area (Å²) in [5, 5.41) is 25.0. The van der Waals surface area contributed by atoms with Crippen LogP contribution >= 0.6 is 11.6 Å². The highest BCUT2D eigenvalue weighted by Crippen LogP contribution is 2.39. The maximum atomic E-state index is 11.7. The molecule has 0 aliphatic rings. The van der Waals surface area contributed by atoms with E-state index in [2.05, 4.69) is 17.2 Å². The molecule has 0 bridgehead atoms. The molecule has 0 aliphatic heterocycles. The van der Waals surface area contributed by atoms with E-state index in [1.54, 1.807) is 6.92 Å². The van der Waals surface area contributed by atoms with Gasteiger partial charge in [0.25, 0.3) is 0 Å². The van der Waals surface area contributed by atoms with Gasteiger partial charge in [0.15, 0.2) is 0 Å². The van der Waals surface area contributed by atoms with Gasteiger partial charge in [-0.25, -0.2) is 0 Å². The fraction of sp³-hybridized carbons (Fsp3) is 0.250. The summed E-state index contributed by atoms with van der Waals surface area (Å²) in [7, 11) is 0. The van der Waals surface area contributed by atoms with E-state index in [0.29, 0.717) is 11.1 Å². The van der Waals surface area contributed by atoms with E-state index in [9.17, 15) is 19.8 Å². The van der Waals surface area contributed by atoms with Gasteiger partial charge in [-0.2, -0.15) is 0 Å². The molecule has 0 radical (unpaired) electrons. The first-order valence-electron chi connectivity index (χ1n) is 6.83. The minimum atomic E-state index is -0.390. The van der Waals surface area contributed by atoms with E-state index in [-0.39, 0.29) is 41.1 Å². The number of rotatable bonds is 6. The third kappa shape index (κ3) is 4.75. The highest BCUT2D eigenvalue weighted by molar-refractivity contribution is 6.33. The Labute approximate surface area is 139 Å². The molecular formula is C16H19ClN2O4. The average Bonchev–Trinajstić information content (AvgIpc) is 2.54. The highest BCUT2D eigenvalue weighted by atomic mass is 35.5. The standard InChI is InChI=1S/C16H19ClN2O4/c1-4-12(20)18-7-5-6-13(21)19-8-11-9(2)14(17)16(23)10(3)15(11)22/h4-6,22-23H,1,7-8H2,2-3H3,(H,18,20)(H,19,21)/b6-5+. The van der Waals surface area contributed by atoms with Gasteiger partial charge < -0.3 is 20.8 Å². The fourth-order valence-electron chi connectivity index (χ4n) is 1.84. The Morgan fingerprint density at radius 3 is 2.39 bits per heavy atom. The zero-order valence-corrected chi connectivity index (χ0v) is 13.7. The molecule has 7 heteroatoms. The summed E-state index contributed by atoms with van der Waals surface area (Å²) in [6, 6.07) is 0. The molecule has 0 saturated heterocycles. The largest absolute Gasteiger partial charge is 0.507 e. The molecule has 0 heterocycles. The van der Waals surface area contributed by atoms with Crippen molar-refractivity contribution >= 4 is 23.4 Å². The zero-order chi connectivity index (χ0) is 17.6. The monoisotopic (exact) mass is 338 g/mol. The number of halogens is 1. The number of phenols is 2. The van der Waals surface area contributed by atoms with Crippen LogP contribution in [-0.2, 0) is 16.1 Å². The van der Waals surface area contributed by atoms with E-state index in [4.69, 9.17) is 11.6 Å². The molecule has 6 nitrogen and oxygen atoms in total. The van der Waals surface area contributed by atoms with Crippen molar-refractivity contribution in [3.05, 3.63) is 46.5 Å². The van der Waals surface area contributed by atoms with Crippen LogP contribution in [0.25, 0.3) is 0 Å². The number of nitrogens with one attached hydrogen (secondary N) is 2. The first kappa shape index (κ1) is 18.6. The van der Waals surface area contributed by atoms with Crippen molar-refractivity contribution in [1.82, 2.24) is 10.6 Å². The minimum absolute atomic E-state index is 0.0562. The third-order valence-electron chi connectivity index (χ3n) is 3.27. The van der Waals surface area contributed by atoms with Crippen molar-refractivity contribution in [1.29, 1.82) is 0 Å². The second kappa shape index (κ2) is 8.24. The number of amides is 2. The van der Waals surface area contributed by atoms with Gasteiger partial charge in [-0.15, -0.1) is 0 Å². The van der Waals surface area contributed by atoms with E-state index in [1.165, 1.54) is 19.1 Å². The number of carbonyl (C=O) groups excluding carboxylic acids is 2. The van der Waals surface area contributed by atoms with Crippen LogP contribution in [0.1, 0.15) is 16.7 Å². The topological polar surface area (TPSA) is 98.7 Å². The maximum Gasteiger partial charge on any atom is 0.243 e. The summed E-state index contributed by atoms with van der Waals surface area (Å²) in [6.45, 7) is 6.74. The molecular weight excluding hydrogens is 320 g/mol. The summed E-state index contributed by atoms with van der Waals surface area (Å²) in [4.78, 5) is 22.6. The molecule has 23 heavy (non-hydrogen) atoms. The van der Waals surface area contributed by atoms with Gasteiger partial charge in [-0.1, -0.05) is 24.3 Å². The van der Waals surface area contributed by atoms with E-state index < -0.39 is 5.91 Å². The number of phenolic OH excluding ortho intramolecular Hbond substituents is 2. The predicted molar refractivity (Wildman–Crippen MR) is 88.4 cm³/mol. The van der Waals surface area contributed by atoms with Crippen molar-refractivity contribution in [3.63, 3.8) is 0 Å². The van der Waals surface area contributed by atoms with E-state index in [0.717, 1.165) is 6.08 Å². The van der Waals surface area contributed by atoms with Crippen LogP contribution in [0.4, 0.5) is 0 Å². The minimum Gasteiger partial charge on any atom is -0.507 e. The van der Waals surface area contributed by atoms with Gasteiger partial charge >= 0.3 is 0 Å². The molecule has 0 fully saturated rings. The molecule has 4 N–H and O–H groups in total. The second-order valence-corrected chi connectivity index (χ2v) is 5.19. The van der Waals surface area contributed by atoms with Crippen molar-refractivity contribution in [3.8, 4) is 11.5 Å². The van der Waals surface area contributed by atoms with Crippen molar-refractivity contribution in [2.75, 3.05) is 6.54 Å². The summed E-state index contributed by atoms with van der Waals surface area (Å²) >= 11 is 5.99. The van der Waals surface area contributed by atoms with Gasteiger partial charge in [-0.3, -0.25) is 9.59 Å². The molecule has 0 spiro atoms. The van der Waals surface area contributed by atoms with Crippen molar-refractivity contribution < 1.29 is 19.8 Å². The summed E-state index contributed by atoms with van der Waals surface area (Å²) in [6.07, 6.45) is 3.89. The van der Waals surface area contributed by atoms with Crippen LogP contribution < -0.4 is 10.6 Å². The van der Waals surface area contributed by atoms with Gasteiger partial charge in [0.1, 0.15) is 11.5 Å². The molecule has 1 rings (SSSR count). The van der Waals surface area contributed by atoms with E-state index in [1.807, 2.05) is 0 Å². The SMILES string of the molecule is C=CC(=O)NC/C=C/C(=O)NCc1c(C)c(Cl)c(O)c(C)c1O. The van der Waals surface area contributed by atoms with Crippen LogP contribution in [0.2, 0.25) is 5.02 Å². The van der Waals surface area contributed by atoms with Crippen LogP contribution in [-0.4, -0.2) is 28.6 Å². The highest BCUT2D eigenvalue weighted by Gasteiger charge is 2.17. The van der Waals surface area contributed by atoms with Crippen molar-refractivity contribution in [2.45, 2.75) is 20.4 Å². The van der Waals surface area contributed by atoms with Crippen LogP contribution in [0, 0.1) is 13.8 Å². The molecule has 0 saturated carbocycles. The Bertz CT molecular complexity index is 640. The molecule has 1 aromatic carbocycles. The van der Waals surface area contributed by atoms with Crippen LogP contribution in [0.5, 0.6) is 11.5 Å². The van der Waals surface area contributed by atoms with Gasteiger partial charge in [0.2, 0.25) is 11.8 Å². The molecule has 2 amide bonds. The number of hydrogen-bond donors (Lipinski definition) is 4. The zero-order valence-electron chi connectivity index (χ0n) is 12.9. The molecule has 0 aromatic heterocycles. The molecule has 0 aliphatic carbocycles. The lowest BCUT2D eigenvalue weighted by atomic mass is 10.0. The molecule has 0 atom stereocenters. The lowest BCUT2D eigenvalue weighted by molar-refractivity contribution is -0.117. The van der Waals surface area contributed by atoms with Gasteiger partial charge in [0.05, 0.1) is 5.02 Å². The lowest BCUT2D eigenvalue weighted by Crippen LogP contribution is -2.23. The Morgan fingerprint density at radius 2 is 1.78 bits per heavy atom. The fourth-order valence-corrected chi connectivity index (χ4v) is 2.09. The quantitative estimate of drug-likeness (QED) is 0.595. The Kier molecular flexibility index (Phi) is 6.65. The Balaban J connectivity index is 2.69. The number of aromatic hydroxyl groups is 2. The van der Waals surface area contributed by atoms with Crippen molar-refractivity contribution in [2.24, 2.45) is 0 Å².